The maximum atomic E-state index is 13.2. The third kappa shape index (κ3) is 5.53. The predicted molar refractivity (Wildman–Crippen MR) is 130 cm³/mol. The van der Waals surface area contributed by atoms with Gasteiger partial charge in [0.1, 0.15) is 11.4 Å². The smallest absolute Gasteiger partial charge is 0.411 e. The number of rotatable bonds is 6. The van der Waals surface area contributed by atoms with Crippen LogP contribution in [0, 0.1) is 5.41 Å². The molecule has 8 nitrogen and oxygen atoms in total. The summed E-state index contributed by atoms with van der Waals surface area (Å²) in [5, 5.41) is 17.7. The maximum absolute atomic E-state index is 13.2. The van der Waals surface area contributed by atoms with Crippen molar-refractivity contribution >= 4 is 40.8 Å². The average molecular weight is 497 g/mol. The minimum Gasteiger partial charge on any atom is -0.444 e. The van der Waals surface area contributed by atoms with Gasteiger partial charge in [-0.3, -0.25) is 9.69 Å². The molecule has 33 heavy (non-hydrogen) atoms. The molecule has 2 aromatic heterocycles. The Morgan fingerprint density at radius 2 is 2.00 bits per heavy atom. The number of halogens is 1. The van der Waals surface area contributed by atoms with Crippen LogP contribution < -0.4 is 5.32 Å². The molecule has 1 aliphatic rings. The molecule has 2 N–H and O–H groups in total. The Labute approximate surface area is 203 Å². The van der Waals surface area contributed by atoms with Crippen LogP contribution in [0.5, 0.6) is 0 Å². The van der Waals surface area contributed by atoms with Gasteiger partial charge in [-0.25, -0.2) is 4.79 Å². The molecule has 0 aliphatic carbocycles. The van der Waals surface area contributed by atoms with Crippen LogP contribution in [-0.4, -0.2) is 50.5 Å². The van der Waals surface area contributed by atoms with Crippen molar-refractivity contribution < 1.29 is 19.4 Å². The molecule has 3 heterocycles. The number of thiophene rings is 1. The van der Waals surface area contributed by atoms with E-state index in [0.717, 1.165) is 11.3 Å². The van der Waals surface area contributed by atoms with E-state index in [0.29, 0.717) is 35.4 Å². The predicted octanol–water partition coefficient (Wildman–Crippen LogP) is 5.11. The van der Waals surface area contributed by atoms with Crippen molar-refractivity contribution in [3.8, 4) is 0 Å². The van der Waals surface area contributed by atoms with Crippen molar-refractivity contribution in [3.05, 3.63) is 33.1 Å². The van der Waals surface area contributed by atoms with Gasteiger partial charge < -0.3 is 15.2 Å². The van der Waals surface area contributed by atoms with E-state index in [4.69, 9.17) is 16.3 Å². The summed E-state index contributed by atoms with van der Waals surface area (Å²) >= 11 is 7.50. The van der Waals surface area contributed by atoms with Crippen LogP contribution in [0.2, 0.25) is 4.34 Å². The summed E-state index contributed by atoms with van der Waals surface area (Å²) in [6.45, 7) is 11.5. The van der Waals surface area contributed by atoms with Gasteiger partial charge in [-0.15, -0.1) is 11.3 Å². The zero-order chi connectivity index (χ0) is 24.6. The van der Waals surface area contributed by atoms with E-state index in [1.54, 1.807) is 18.7 Å². The lowest BCUT2D eigenvalue weighted by Gasteiger charge is -2.35. The lowest BCUT2D eigenvalue weighted by atomic mass is 9.94. The third-order valence-electron chi connectivity index (χ3n) is 5.76. The molecule has 1 aliphatic heterocycles. The second kappa shape index (κ2) is 9.27. The lowest BCUT2D eigenvalue weighted by Crippen LogP contribution is -2.45. The number of carbonyl (C=O) groups excluding carboxylic acids is 2. The van der Waals surface area contributed by atoms with E-state index >= 15 is 0 Å². The second-order valence-electron chi connectivity index (χ2n) is 10.2. The minimum absolute atomic E-state index is 0.317. The highest BCUT2D eigenvalue weighted by molar-refractivity contribution is 7.16. The van der Waals surface area contributed by atoms with Gasteiger partial charge in [-0.1, -0.05) is 11.6 Å². The summed E-state index contributed by atoms with van der Waals surface area (Å²) in [6.07, 6.45) is 1.09. The largest absolute Gasteiger partial charge is 0.444 e. The molecule has 0 spiro atoms. The van der Waals surface area contributed by atoms with Gasteiger partial charge in [0.25, 0.3) is 5.91 Å². The van der Waals surface area contributed by atoms with Crippen LogP contribution in [0.3, 0.4) is 0 Å². The van der Waals surface area contributed by atoms with Crippen molar-refractivity contribution in [1.29, 1.82) is 0 Å². The number of anilines is 1. The first-order valence-corrected chi connectivity index (χ1v) is 12.2. The molecule has 0 radical (unpaired) electrons. The first-order chi connectivity index (χ1) is 15.3. The Morgan fingerprint density at radius 1 is 1.30 bits per heavy atom. The third-order valence-corrected chi connectivity index (χ3v) is 6.99. The maximum Gasteiger partial charge on any atom is 0.411 e. The van der Waals surface area contributed by atoms with Gasteiger partial charge >= 0.3 is 6.09 Å². The fourth-order valence-electron chi connectivity index (χ4n) is 3.74. The van der Waals surface area contributed by atoms with Crippen LogP contribution in [0.4, 0.5) is 10.6 Å². The Morgan fingerprint density at radius 3 is 2.58 bits per heavy atom. The summed E-state index contributed by atoms with van der Waals surface area (Å²) in [7, 11) is 0. The van der Waals surface area contributed by atoms with Crippen molar-refractivity contribution in [2.24, 2.45) is 5.41 Å². The second-order valence-corrected chi connectivity index (χ2v) is 12.0. The highest BCUT2D eigenvalue weighted by Gasteiger charge is 2.45. The Bertz CT molecular complexity index is 1030. The number of amides is 1. The van der Waals surface area contributed by atoms with Gasteiger partial charge in [0.05, 0.1) is 34.1 Å². The Kier molecular flexibility index (Phi) is 7.17. The number of carbonyl (C=O) groups is 2. The zero-order valence-electron chi connectivity index (χ0n) is 20.1. The fourth-order valence-corrected chi connectivity index (χ4v) is 4.77. The molecule has 1 saturated heterocycles. The van der Waals surface area contributed by atoms with Gasteiger partial charge in [-0.2, -0.15) is 9.78 Å². The summed E-state index contributed by atoms with van der Waals surface area (Å²) in [5.74, 6) is 0.159. The van der Waals surface area contributed by atoms with Gasteiger partial charge in [0.15, 0.2) is 0 Å². The molecular formula is C23H33ClN4O4S. The van der Waals surface area contributed by atoms with E-state index in [9.17, 15) is 14.7 Å². The van der Waals surface area contributed by atoms with Crippen molar-refractivity contribution in [2.45, 2.75) is 72.1 Å². The zero-order valence-corrected chi connectivity index (χ0v) is 21.6. The van der Waals surface area contributed by atoms with Crippen LogP contribution in [0.15, 0.2) is 18.2 Å². The molecule has 182 valence electrons. The highest BCUT2D eigenvalue weighted by atomic mass is 35.5. The molecule has 1 atom stereocenters. The number of nitrogens with zero attached hydrogens (tertiary/aromatic N) is 3. The van der Waals surface area contributed by atoms with E-state index in [1.807, 2.05) is 45.9 Å². The number of aromatic nitrogens is 2. The van der Waals surface area contributed by atoms with E-state index in [2.05, 4.69) is 10.4 Å². The quantitative estimate of drug-likeness (QED) is 0.576. The molecule has 0 saturated carbocycles. The standard InChI is InChI=1S/C23H33ClN4O4S/c1-21(2,3)32-20(31)27-11-7-10-23(27,6)16-12-18(25-13-15-8-9-17(24)33-15)28(26-16)19(30)22(4,5)14-29/h8-9,12,25,29H,7,10-11,13-14H2,1-6H3. The van der Waals surface area contributed by atoms with E-state index < -0.39 is 22.6 Å². The highest BCUT2D eigenvalue weighted by Crippen LogP contribution is 2.40. The number of hydrogen-bond donors (Lipinski definition) is 2. The summed E-state index contributed by atoms with van der Waals surface area (Å²) in [6, 6.07) is 5.55. The number of nitrogens with one attached hydrogen (secondary N) is 1. The number of aliphatic hydroxyl groups is 1. The van der Waals surface area contributed by atoms with Crippen LogP contribution in [0.25, 0.3) is 0 Å². The Balaban J connectivity index is 1.97. The molecule has 10 heteroatoms. The summed E-state index contributed by atoms with van der Waals surface area (Å²) < 4.78 is 7.62. The lowest BCUT2D eigenvalue weighted by molar-refractivity contribution is 0.00920. The topological polar surface area (TPSA) is 96.7 Å². The average Bonchev–Trinajstić information content (AvgIpc) is 3.43. The molecule has 0 aromatic carbocycles. The monoisotopic (exact) mass is 496 g/mol. The van der Waals surface area contributed by atoms with Gasteiger partial charge in [-0.05, 0) is 66.5 Å². The van der Waals surface area contributed by atoms with E-state index in [-0.39, 0.29) is 12.5 Å². The molecule has 1 amide bonds. The summed E-state index contributed by atoms with van der Waals surface area (Å²) in [4.78, 5) is 28.9. The van der Waals surface area contributed by atoms with Crippen molar-refractivity contribution in [1.82, 2.24) is 14.7 Å². The Hall–Kier alpha value is -2.10. The van der Waals surface area contributed by atoms with Gasteiger partial charge in [0.2, 0.25) is 0 Å². The number of likely N-dealkylation sites (tertiary alicyclic amines) is 1. The molecule has 1 fully saturated rings. The first kappa shape index (κ1) is 25.5. The molecule has 3 rings (SSSR count). The molecular weight excluding hydrogens is 464 g/mol. The normalized spacial score (nSPS) is 19.1. The fraction of sp³-hybridized carbons (Fsp3) is 0.609. The number of hydrogen-bond acceptors (Lipinski definition) is 7. The van der Waals surface area contributed by atoms with Crippen LogP contribution in [-0.2, 0) is 16.8 Å². The summed E-state index contributed by atoms with van der Waals surface area (Å²) in [5.41, 5.74) is -1.76. The molecule has 0 bridgehead atoms. The minimum atomic E-state index is -1.02. The molecule has 2 aromatic rings. The number of ether oxygens (including phenoxy) is 1. The van der Waals surface area contributed by atoms with Crippen molar-refractivity contribution in [2.75, 3.05) is 18.5 Å². The van der Waals surface area contributed by atoms with Crippen LogP contribution in [0.1, 0.15) is 69.7 Å². The molecule has 1 unspecified atom stereocenters. The first-order valence-electron chi connectivity index (χ1n) is 11.0. The van der Waals surface area contributed by atoms with Crippen molar-refractivity contribution in [3.63, 3.8) is 0 Å². The van der Waals surface area contributed by atoms with Gasteiger partial charge in [0, 0.05) is 17.5 Å². The number of aliphatic hydroxyl groups excluding tert-OH is 1. The van der Waals surface area contributed by atoms with Crippen LogP contribution >= 0.6 is 22.9 Å². The SMILES string of the molecule is CC(C)(C)OC(=O)N1CCCC1(C)c1cc(NCc2ccc(Cl)s2)n(C(=O)C(C)(C)CO)n1. The van der Waals surface area contributed by atoms with E-state index in [1.165, 1.54) is 16.0 Å².